The zero-order valence-corrected chi connectivity index (χ0v) is 8.57. The lowest BCUT2D eigenvalue weighted by atomic mass is 10.1. The van der Waals surface area contributed by atoms with E-state index in [2.05, 4.69) is 5.32 Å². The summed E-state index contributed by atoms with van der Waals surface area (Å²) in [5, 5.41) is 2.55. The molecule has 0 unspecified atom stereocenters. The second-order valence-corrected chi connectivity index (χ2v) is 3.01. The molecule has 1 aromatic carbocycles. The molecule has 0 saturated heterocycles. The number of benzene rings is 1. The number of hydrogen-bond acceptors (Lipinski definition) is 2. The lowest BCUT2D eigenvalue weighted by Crippen LogP contribution is -2.17. The Morgan fingerprint density at radius 2 is 2.00 bits per heavy atom. The number of amides is 1. The average molecular weight is 203 g/mol. The van der Waals surface area contributed by atoms with Crippen LogP contribution < -0.4 is 5.32 Å². The first-order valence-electron chi connectivity index (χ1n) is 4.70. The highest BCUT2D eigenvalue weighted by Crippen LogP contribution is 2.06. The number of aldehydes is 1. The summed E-state index contributed by atoms with van der Waals surface area (Å²) >= 11 is 0. The number of rotatable bonds is 4. The monoisotopic (exact) mass is 203 g/mol. The Hall–Kier alpha value is -1.90. The fraction of sp³-hybridized carbons (Fsp3) is 0.167. The molecule has 15 heavy (non-hydrogen) atoms. The highest BCUT2D eigenvalue weighted by molar-refractivity contribution is 5.94. The van der Waals surface area contributed by atoms with E-state index >= 15 is 0 Å². The second kappa shape index (κ2) is 5.75. The minimum Gasteiger partial charge on any atom is -0.355 e. The SMILES string of the molecule is CNC(=O)c1ccc(C=CCC=O)cc1. The van der Waals surface area contributed by atoms with Crippen molar-refractivity contribution < 1.29 is 9.59 Å². The molecule has 0 heterocycles. The molecule has 0 aliphatic carbocycles. The normalized spacial score (nSPS) is 10.2. The smallest absolute Gasteiger partial charge is 0.251 e. The highest BCUT2D eigenvalue weighted by atomic mass is 16.1. The van der Waals surface area contributed by atoms with Crippen molar-refractivity contribution in [1.82, 2.24) is 5.32 Å². The molecule has 1 rings (SSSR count). The molecule has 3 nitrogen and oxygen atoms in total. The van der Waals surface area contributed by atoms with Gasteiger partial charge in [0, 0.05) is 19.0 Å². The number of nitrogens with one attached hydrogen (secondary N) is 1. The van der Waals surface area contributed by atoms with Gasteiger partial charge in [-0.05, 0) is 17.7 Å². The van der Waals surface area contributed by atoms with Crippen molar-refractivity contribution in [1.29, 1.82) is 0 Å². The molecular weight excluding hydrogens is 190 g/mol. The molecule has 3 heteroatoms. The Morgan fingerprint density at radius 3 is 2.53 bits per heavy atom. The molecule has 0 aliphatic rings. The van der Waals surface area contributed by atoms with Gasteiger partial charge in [0.1, 0.15) is 6.29 Å². The van der Waals surface area contributed by atoms with Crippen molar-refractivity contribution in [2.45, 2.75) is 6.42 Å². The third-order valence-corrected chi connectivity index (χ3v) is 1.94. The largest absolute Gasteiger partial charge is 0.355 e. The van der Waals surface area contributed by atoms with E-state index in [1.807, 2.05) is 18.2 Å². The molecule has 78 valence electrons. The van der Waals surface area contributed by atoms with Crippen LogP contribution in [-0.2, 0) is 4.79 Å². The van der Waals surface area contributed by atoms with Crippen LogP contribution in [0.5, 0.6) is 0 Å². The molecule has 1 N–H and O–H groups in total. The molecule has 1 aromatic rings. The van der Waals surface area contributed by atoms with Gasteiger partial charge in [0.05, 0.1) is 0 Å². The maximum Gasteiger partial charge on any atom is 0.251 e. The van der Waals surface area contributed by atoms with Gasteiger partial charge in [-0.3, -0.25) is 4.79 Å². The first-order valence-corrected chi connectivity index (χ1v) is 4.70. The zero-order chi connectivity index (χ0) is 11.1. The van der Waals surface area contributed by atoms with Crippen LogP contribution in [0.1, 0.15) is 22.3 Å². The van der Waals surface area contributed by atoms with Crippen LogP contribution in [0, 0.1) is 0 Å². The standard InChI is InChI=1S/C12H13NO2/c1-13-12(15)11-7-5-10(6-8-11)4-2-3-9-14/h2,4-9H,3H2,1H3,(H,13,15). The third-order valence-electron chi connectivity index (χ3n) is 1.94. The van der Waals surface area contributed by atoms with Crippen molar-refractivity contribution in [3.63, 3.8) is 0 Å². The molecule has 0 saturated carbocycles. The minimum absolute atomic E-state index is 0.0987. The Labute approximate surface area is 88.8 Å². The summed E-state index contributed by atoms with van der Waals surface area (Å²) in [5.74, 6) is -0.0987. The summed E-state index contributed by atoms with van der Waals surface area (Å²) in [6, 6.07) is 7.18. The van der Waals surface area contributed by atoms with Gasteiger partial charge in [-0.2, -0.15) is 0 Å². The molecular formula is C12H13NO2. The van der Waals surface area contributed by atoms with Crippen molar-refractivity contribution in [2.75, 3.05) is 7.05 Å². The van der Waals surface area contributed by atoms with E-state index in [4.69, 9.17) is 0 Å². The fourth-order valence-corrected chi connectivity index (χ4v) is 1.15. The number of hydrogen-bond donors (Lipinski definition) is 1. The van der Waals surface area contributed by atoms with E-state index < -0.39 is 0 Å². The quantitative estimate of drug-likeness (QED) is 0.756. The number of allylic oxidation sites excluding steroid dienone is 1. The predicted molar refractivity (Wildman–Crippen MR) is 59.5 cm³/mol. The second-order valence-electron chi connectivity index (χ2n) is 3.01. The van der Waals surface area contributed by atoms with Gasteiger partial charge in [0.15, 0.2) is 0 Å². The first kappa shape index (κ1) is 11.2. The predicted octanol–water partition coefficient (Wildman–Crippen LogP) is 1.65. The maximum atomic E-state index is 11.2. The van der Waals surface area contributed by atoms with Gasteiger partial charge in [-0.25, -0.2) is 0 Å². The fourth-order valence-electron chi connectivity index (χ4n) is 1.15. The van der Waals surface area contributed by atoms with Gasteiger partial charge in [-0.1, -0.05) is 24.3 Å². The number of carbonyl (C=O) groups is 2. The van der Waals surface area contributed by atoms with Gasteiger partial charge in [-0.15, -0.1) is 0 Å². The van der Waals surface area contributed by atoms with E-state index in [0.717, 1.165) is 11.8 Å². The average Bonchev–Trinajstić information content (AvgIpc) is 2.29. The van der Waals surface area contributed by atoms with Crippen LogP contribution in [0.2, 0.25) is 0 Å². The molecule has 0 spiro atoms. The van der Waals surface area contributed by atoms with E-state index in [1.54, 1.807) is 25.3 Å². The van der Waals surface area contributed by atoms with Crippen molar-refractivity contribution in [2.24, 2.45) is 0 Å². The van der Waals surface area contributed by atoms with Gasteiger partial charge in [0.2, 0.25) is 0 Å². The summed E-state index contributed by atoms with van der Waals surface area (Å²) in [6.07, 6.45) is 4.89. The van der Waals surface area contributed by atoms with E-state index in [0.29, 0.717) is 12.0 Å². The lowest BCUT2D eigenvalue weighted by Gasteiger charge is -1.99. The third kappa shape index (κ3) is 3.38. The van der Waals surface area contributed by atoms with Crippen LogP contribution in [-0.4, -0.2) is 19.2 Å². The summed E-state index contributed by atoms with van der Waals surface area (Å²) in [7, 11) is 1.60. The Balaban J connectivity index is 2.72. The van der Waals surface area contributed by atoms with E-state index in [9.17, 15) is 9.59 Å². The van der Waals surface area contributed by atoms with Crippen molar-refractivity contribution >= 4 is 18.3 Å². The van der Waals surface area contributed by atoms with E-state index in [-0.39, 0.29) is 5.91 Å². The first-order chi connectivity index (χ1) is 7.27. The molecule has 0 fully saturated rings. The van der Waals surface area contributed by atoms with Gasteiger partial charge < -0.3 is 10.1 Å². The molecule has 1 amide bonds. The highest BCUT2D eigenvalue weighted by Gasteiger charge is 2.00. The minimum atomic E-state index is -0.0987. The molecule has 0 atom stereocenters. The lowest BCUT2D eigenvalue weighted by molar-refractivity contribution is -0.107. The summed E-state index contributed by atoms with van der Waals surface area (Å²) in [4.78, 5) is 21.3. The van der Waals surface area contributed by atoms with Crippen LogP contribution >= 0.6 is 0 Å². The van der Waals surface area contributed by atoms with Crippen LogP contribution in [0.25, 0.3) is 6.08 Å². The Bertz CT molecular complexity index is 366. The number of carbonyl (C=O) groups excluding carboxylic acids is 2. The maximum absolute atomic E-state index is 11.2. The summed E-state index contributed by atoms with van der Waals surface area (Å²) in [6.45, 7) is 0. The Morgan fingerprint density at radius 1 is 1.33 bits per heavy atom. The van der Waals surface area contributed by atoms with Crippen LogP contribution in [0.4, 0.5) is 0 Å². The topological polar surface area (TPSA) is 46.2 Å². The molecule has 0 aromatic heterocycles. The summed E-state index contributed by atoms with van der Waals surface area (Å²) < 4.78 is 0. The van der Waals surface area contributed by atoms with Crippen LogP contribution in [0.3, 0.4) is 0 Å². The van der Waals surface area contributed by atoms with Crippen molar-refractivity contribution in [3.8, 4) is 0 Å². The van der Waals surface area contributed by atoms with Gasteiger partial charge >= 0.3 is 0 Å². The van der Waals surface area contributed by atoms with Crippen LogP contribution in [0.15, 0.2) is 30.3 Å². The zero-order valence-electron chi connectivity index (χ0n) is 8.57. The van der Waals surface area contributed by atoms with Gasteiger partial charge in [0.25, 0.3) is 5.91 Å². The molecule has 0 bridgehead atoms. The van der Waals surface area contributed by atoms with Crippen molar-refractivity contribution in [3.05, 3.63) is 41.5 Å². The Kier molecular flexibility index (Phi) is 4.29. The van der Waals surface area contributed by atoms with E-state index in [1.165, 1.54) is 0 Å². The molecule has 0 aliphatic heterocycles. The molecule has 0 radical (unpaired) electrons. The summed E-state index contributed by atoms with van der Waals surface area (Å²) in [5.41, 5.74) is 1.61.